The van der Waals surface area contributed by atoms with Crippen molar-refractivity contribution in [2.75, 3.05) is 18.5 Å². The van der Waals surface area contributed by atoms with Crippen molar-refractivity contribution < 1.29 is 19.4 Å². The number of hydrogen-bond acceptors (Lipinski definition) is 5. The van der Waals surface area contributed by atoms with E-state index in [9.17, 15) is 14.7 Å². The number of carbonyl (C=O) groups is 2. The first-order valence-corrected chi connectivity index (χ1v) is 13.8. The van der Waals surface area contributed by atoms with E-state index in [1.54, 1.807) is 37.6 Å². The van der Waals surface area contributed by atoms with Crippen LogP contribution in [-0.4, -0.2) is 50.5 Å². The van der Waals surface area contributed by atoms with E-state index in [1.807, 2.05) is 79.7 Å². The van der Waals surface area contributed by atoms with E-state index in [0.29, 0.717) is 11.4 Å². The van der Waals surface area contributed by atoms with Crippen LogP contribution in [0.3, 0.4) is 0 Å². The molecule has 0 saturated carbocycles. The Labute approximate surface area is 241 Å². The van der Waals surface area contributed by atoms with E-state index in [0.717, 1.165) is 34.5 Å². The molecule has 0 aliphatic carbocycles. The van der Waals surface area contributed by atoms with E-state index in [2.05, 4.69) is 17.3 Å². The van der Waals surface area contributed by atoms with Gasteiger partial charge < -0.3 is 15.2 Å². The van der Waals surface area contributed by atoms with Crippen LogP contribution in [0.1, 0.15) is 66.6 Å². The molecule has 0 bridgehead atoms. The smallest absolute Gasteiger partial charge is 0.411 e. The molecule has 4 rings (SSSR count). The van der Waals surface area contributed by atoms with Crippen LogP contribution in [0, 0.1) is 6.92 Å². The largest absolute Gasteiger partial charge is 0.444 e. The molecule has 41 heavy (non-hydrogen) atoms. The fourth-order valence-electron chi connectivity index (χ4n) is 4.69. The maximum absolute atomic E-state index is 13.5. The molecule has 2 amide bonds. The first-order valence-electron chi connectivity index (χ1n) is 13.8. The minimum Gasteiger partial charge on any atom is -0.444 e. The third-order valence-electron chi connectivity index (χ3n) is 6.48. The van der Waals surface area contributed by atoms with Crippen LogP contribution in [0.5, 0.6) is 0 Å². The Morgan fingerprint density at radius 2 is 1.68 bits per heavy atom. The molecule has 2 N–H and O–H groups in total. The lowest BCUT2D eigenvalue weighted by molar-refractivity contribution is 0.0155. The van der Waals surface area contributed by atoms with Crippen LogP contribution >= 0.6 is 0 Å². The molecule has 0 fully saturated rings. The number of carbonyl (C=O) groups excluding carboxylic acids is 2. The van der Waals surface area contributed by atoms with Gasteiger partial charge in [-0.2, -0.15) is 5.10 Å². The molecule has 0 radical (unpaired) electrons. The highest BCUT2D eigenvalue weighted by Crippen LogP contribution is 2.32. The summed E-state index contributed by atoms with van der Waals surface area (Å²) < 4.78 is 7.36. The monoisotopic (exact) mass is 554 g/mol. The number of anilines is 1. The summed E-state index contributed by atoms with van der Waals surface area (Å²) in [4.78, 5) is 28.4. The molecular weight excluding hydrogens is 516 g/mol. The van der Waals surface area contributed by atoms with Crippen LogP contribution < -0.4 is 5.32 Å². The predicted molar refractivity (Wildman–Crippen MR) is 160 cm³/mol. The zero-order valence-electron chi connectivity index (χ0n) is 24.3. The third-order valence-corrected chi connectivity index (χ3v) is 6.48. The molecule has 0 saturated heterocycles. The second-order valence-electron chi connectivity index (χ2n) is 10.9. The van der Waals surface area contributed by atoms with E-state index in [4.69, 9.17) is 4.74 Å². The van der Waals surface area contributed by atoms with Gasteiger partial charge in [-0.05, 0) is 81.1 Å². The van der Waals surface area contributed by atoms with E-state index < -0.39 is 17.7 Å². The van der Waals surface area contributed by atoms with Gasteiger partial charge in [0.1, 0.15) is 11.3 Å². The van der Waals surface area contributed by atoms with Crippen molar-refractivity contribution in [3.05, 3.63) is 113 Å². The minimum absolute atomic E-state index is 0.0698. The zero-order valence-corrected chi connectivity index (χ0v) is 24.3. The molecule has 1 atom stereocenters. The standard InChI is InChI=1S/C33H38N4O4/c1-6-24-12-10-17-28(21-24)37-29(20-23(2)35-37)31(39)34-27-16-11-15-26(22-27)30(25-13-8-7-9-14-25)36(18-19-38)32(40)41-33(3,4)5/h7-17,20-22,30,38H,6,18-19H2,1-5H3,(H,34,39). The number of amides is 2. The Morgan fingerprint density at radius 3 is 2.37 bits per heavy atom. The van der Waals surface area contributed by atoms with Gasteiger partial charge in [-0.3, -0.25) is 9.69 Å². The molecule has 3 aromatic carbocycles. The Balaban J connectivity index is 1.69. The van der Waals surface area contributed by atoms with Crippen LogP contribution in [0.4, 0.5) is 10.5 Å². The molecule has 1 aromatic heterocycles. The lowest BCUT2D eigenvalue weighted by Crippen LogP contribution is -2.41. The van der Waals surface area contributed by atoms with Crippen molar-refractivity contribution in [2.24, 2.45) is 0 Å². The van der Waals surface area contributed by atoms with Gasteiger partial charge in [0, 0.05) is 12.2 Å². The zero-order chi connectivity index (χ0) is 29.6. The van der Waals surface area contributed by atoms with Gasteiger partial charge in [-0.25, -0.2) is 9.48 Å². The Morgan fingerprint density at radius 1 is 0.976 bits per heavy atom. The summed E-state index contributed by atoms with van der Waals surface area (Å²) in [5.41, 5.74) is 4.57. The van der Waals surface area contributed by atoms with Crippen molar-refractivity contribution in [2.45, 2.75) is 52.7 Å². The topological polar surface area (TPSA) is 96.7 Å². The molecule has 0 spiro atoms. The minimum atomic E-state index is -0.709. The summed E-state index contributed by atoms with van der Waals surface area (Å²) in [6.45, 7) is 9.19. The number of aliphatic hydroxyl groups is 1. The maximum atomic E-state index is 13.5. The summed E-state index contributed by atoms with van der Waals surface area (Å²) in [5.74, 6) is -0.305. The van der Waals surface area contributed by atoms with Gasteiger partial charge in [0.25, 0.3) is 5.91 Å². The fourth-order valence-corrected chi connectivity index (χ4v) is 4.69. The normalized spacial score (nSPS) is 12.0. The first-order chi connectivity index (χ1) is 19.6. The van der Waals surface area contributed by atoms with E-state index in [-0.39, 0.29) is 19.1 Å². The second-order valence-corrected chi connectivity index (χ2v) is 10.9. The van der Waals surface area contributed by atoms with Crippen LogP contribution in [0.25, 0.3) is 5.69 Å². The molecule has 1 heterocycles. The van der Waals surface area contributed by atoms with Gasteiger partial charge in [0.05, 0.1) is 24.0 Å². The number of aryl methyl sites for hydroxylation is 2. The lowest BCUT2D eigenvalue weighted by Gasteiger charge is -2.34. The van der Waals surface area contributed by atoms with Crippen LogP contribution in [0.2, 0.25) is 0 Å². The number of ether oxygens (including phenoxy) is 1. The van der Waals surface area contributed by atoms with E-state index >= 15 is 0 Å². The predicted octanol–water partition coefficient (Wildman–Crippen LogP) is 6.31. The highest BCUT2D eigenvalue weighted by molar-refractivity contribution is 6.03. The summed E-state index contributed by atoms with van der Waals surface area (Å²) in [5, 5.41) is 17.4. The molecule has 4 aromatic rings. The van der Waals surface area contributed by atoms with Gasteiger partial charge >= 0.3 is 6.09 Å². The molecule has 1 unspecified atom stereocenters. The number of nitrogens with one attached hydrogen (secondary N) is 1. The number of aliphatic hydroxyl groups excluding tert-OH is 1. The molecule has 0 aliphatic rings. The molecule has 8 heteroatoms. The van der Waals surface area contributed by atoms with Crippen LogP contribution in [0.15, 0.2) is 84.9 Å². The number of hydrogen-bond donors (Lipinski definition) is 2. The van der Waals surface area contributed by atoms with E-state index in [1.165, 1.54) is 4.90 Å². The van der Waals surface area contributed by atoms with Crippen molar-refractivity contribution in [3.8, 4) is 5.69 Å². The SMILES string of the molecule is CCc1cccc(-n2nc(C)cc2C(=O)Nc2cccc(C(c3ccccc3)N(CCO)C(=O)OC(C)(C)C)c2)c1. The Bertz CT molecular complexity index is 1490. The Kier molecular flexibility index (Phi) is 9.24. The van der Waals surface area contributed by atoms with Crippen molar-refractivity contribution in [3.63, 3.8) is 0 Å². The number of benzene rings is 3. The maximum Gasteiger partial charge on any atom is 0.411 e. The first kappa shape index (κ1) is 29.6. The summed E-state index contributed by atoms with van der Waals surface area (Å²) in [6.07, 6.45) is 0.338. The molecule has 8 nitrogen and oxygen atoms in total. The number of aromatic nitrogens is 2. The van der Waals surface area contributed by atoms with Gasteiger partial charge in [0.2, 0.25) is 0 Å². The summed E-state index contributed by atoms with van der Waals surface area (Å²) in [6, 6.07) is 26.1. The second kappa shape index (κ2) is 12.8. The van der Waals surface area contributed by atoms with Crippen molar-refractivity contribution in [1.29, 1.82) is 0 Å². The lowest BCUT2D eigenvalue weighted by atomic mass is 9.96. The number of rotatable bonds is 9. The average Bonchev–Trinajstić information content (AvgIpc) is 3.34. The quantitative estimate of drug-likeness (QED) is 0.253. The van der Waals surface area contributed by atoms with Crippen molar-refractivity contribution >= 4 is 17.7 Å². The molecular formula is C33H38N4O4. The summed E-state index contributed by atoms with van der Waals surface area (Å²) in [7, 11) is 0. The van der Waals surface area contributed by atoms with Crippen LogP contribution in [-0.2, 0) is 11.2 Å². The van der Waals surface area contributed by atoms with Gasteiger partial charge in [-0.15, -0.1) is 0 Å². The average molecular weight is 555 g/mol. The van der Waals surface area contributed by atoms with Gasteiger partial charge in [0.15, 0.2) is 0 Å². The fraction of sp³-hybridized carbons (Fsp3) is 0.303. The third kappa shape index (κ3) is 7.41. The highest BCUT2D eigenvalue weighted by atomic mass is 16.6. The number of nitrogens with zero attached hydrogens (tertiary/aromatic N) is 3. The highest BCUT2D eigenvalue weighted by Gasteiger charge is 2.30. The summed E-state index contributed by atoms with van der Waals surface area (Å²) >= 11 is 0. The molecule has 214 valence electrons. The molecule has 0 aliphatic heterocycles. The van der Waals surface area contributed by atoms with Gasteiger partial charge in [-0.1, -0.05) is 61.5 Å². The Hall–Kier alpha value is -4.43. The van der Waals surface area contributed by atoms with Crippen molar-refractivity contribution in [1.82, 2.24) is 14.7 Å².